The van der Waals surface area contributed by atoms with Gasteiger partial charge in [0.05, 0.1) is 17.5 Å². The molecule has 1 saturated heterocycles. The van der Waals surface area contributed by atoms with Gasteiger partial charge in [0.2, 0.25) is 5.91 Å². The summed E-state index contributed by atoms with van der Waals surface area (Å²) >= 11 is 0. The molecule has 1 N–H and O–H groups in total. The minimum atomic E-state index is -1.43. The zero-order valence-electron chi connectivity index (χ0n) is 22.3. The summed E-state index contributed by atoms with van der Waals surface area (Å²) in [5, 5.41) is 12.2. The maximum atomic E-state index is 14.8. The number of ether oxygens (including phenoxy) is 1. The molecule has 4 heterocycles. The average molecular weight is 553 g/mol. The first-order chi connectivity index (χ1) is 20.6. The van der Waals surface area contributed by atoms with E-state index >= 15 is 0 Å². The van der Waals surface area contributed by atoms with Crippen molar-refractivity contribution >= 4 is 29.2 Å². The molecule has 0 radical (unpaired) electrons. The Balaban J connectivity index is 1.52. The molecular formula is C34H24N4O4. The molecule has 8 nitrogen and oxygen atoms in total. The zero-order chi connectivity index (χ0) is 28.8. The molecule has 3 aliphatic heterocycles. The number of ketones is 2. The van der Waals surface area contributed by atoms with E-state index in [-0.39, 0.29) is 35.4 Å². The van der Waals surface area contributed by atoms with Crippen molar-refractivity contribution in [3.63, 3.8) is 0 Å². The second-order valence-corrected chi connectivity index (χ2v) is 10.5. The lowest BCUT2D eigenvalue weighted by Gasteiger charge is -2.38. The van der Waals surface area contributed by atoms with Crippen LogP contribution in [0.3, 0.4) is 0 Å². The van der Waals surface area contributed by atoms with E-state index < -0.39 is 23.4 Å². The molecule has 0 bridgehead atoms. The van der Waals surface area contributed by atoms with E-state index in [1.165, 1.54) is 12.4 Å². The van der Waals surface area contributed by atoms with Gasteiger partial charge in [0.25, 0.3) is 0 Å². The largest absolute Gasteiger partial charge is 0.478 e. The molecule has 1 aromatic heterocycles. The lowest BCUT2D eigenvalue weighted by molar-refractivity contribution is -0.122. The average Bonchev–Trinajstić information content (AvgIpc) is 3.52. The van der Waals surface area contributed by atoms with E-state index in [1.807, 2.05) is 71.8 Å². The number of anilines is 1. The molecule has 1 fully saturated rings. The van der Waals surface area contributed by atoms with Crippen LogP contribution >= 0.6 is 0 Å². The summed E-state index contributed by atoms with van der Waals surface area (Å²) in [5.41, 5.74) is 2.22. The third-order valence-corrected chi connectivity index (χ3v) is 8.53. The second kappa shape index (κ2) is 9.82. The van der Waals surface area contributed by atoms with Crippen molar-refractivity contribution in [2.24, 2.45) is 5.92 Å². The van der Waals surface area contributed by atoms with Gasteiger partial charge in [0.1, 0.15) is 23.3 Å². The number of para-hydroxylation sites is 2. The number of Topliss-reactive ketones (excluding diaryl/α,β-unsaturated/α-hetero) is 2. The van der Waals surface area contributed by atoms with E-state index in [0.29, 0.717) is 16.8 Å². The van der Waals surface area contributed by atoms with Crippen LogP contribution in [0.5, 0.6) is 5.75 Å². The first-order valence-corrected chi connectivity index (χ1v) is 13.6. The maximum Gasteiger partial charge on any atom is 0.238 e. The Morgan fingerprint density at radius 2 is 1.69 bits per heavy atom. The van der Waals surface area contributed by atoms with Gasteiger partial charge in [-0.3, -0.25) is 19.4 Å². The van der Waals surface area contributed by atoms with E-state index in [4.69, 9.17) is 10.00 Å². The number of hydrogen-bond donors (Lipinski definition) is 1. The molecule has 1 amide bonds. The maximum absolute atomic E-state index is 14.8. The molecule has 0 unspecified atom stereocenters. The Bertz CT molecular complexity index is 1830. The monoisotopic (exact) mass is 552 g/mol. The summed E-state index contributed by atoms with van der Waals surface area (Å²) in [5.74, 6) is -1.91. The minimum absolute atomic E-state index is 0.236. The summed E-state index contributed by atoms with van der Waals surface area (Å²) in [4.78, 5) is 49.9. The van der Waals surface area contributed by atoms with Crippen LogP contribution in [-0.2, 0) is 10.2 Å². The number of benzene rings is 3. The Labute approximate surface area is 241 Å². The molecule has 1 spiro atoms. The first kappa shape index (κ1) is 25.4. The highest BCUT2D eigenvalue weighted by atomic mass is 16.5. The molecular weight excluding hydrogens is 528 g/mol. The van der Waals surface area contributed by atoms with E-state index in [0.717, 1.165) is 11.1 Å². The molecule has 0 aliphatic carbocycles. The van der Waals surface area contributed by atoms with Gasteiger partial charge in [-0.2, -0.15) is 5.26 Å². The van der Waals surface area contributed by atoms with Crippen LogP contribution in [0.1, 0.15) is 43.4 Å². The van der Waals surface area contributed by atoms with Crippen molar-refractivity contribution in [2.75, 3.05) is 11.9 Å². The fraction of sp³-hybridized carbons (Fsp3) is 0.147. The number of nitrogens with zero attached hydrogens (tertiary/aromatic N) is 3. The van der Waals surface area contributed by atoms with Gasteiger partial charge in [-0.15, -0.1) is 0 Å². The highest BCUT2D eigenvalue weighted by molar-refractivity contribution is 6.17. The van der Waals surface area contributed by atoms with Gasteiger partial charge in [-0.1, -0.05) is 54.6 Å². The smallest absolute Gasteiger partial charge is 0.238 e. The number of carbonyl (C=O) groups is 3. The third kappa shape index (κ3) is 3.53. The van der Waals surface area contributed by atoms with Crippen molar-refractivity contribution < 1.29 is 19.1 Å². The standard InChI is InChI=1S/C34H24N4O4/c35-16-20-42-27-12-6-3-9-24(27)31(40)29-28(30(39)22-13-17-36-18-14-22)34(25-10-4-5-11-26(25)37-33(34)41)32-23-8-2-1-7-21(23)15-19-38(29)32/h1-15,17-19,28-29,32H,20H2,(H,37,41)/t28-,29-,32+,34+/m0/s1. The fourth-order valence-corrected chi connectivity index (χ4v) is 6.93. The van der Waals surface area contributed by atoms with E-state index in [2.05, 4.69) is 10.3 Å². The van der Waals surface area contributed by atoms with Crippen molar-refractivity contribution in [2.45, 2.75) is 17.5 Å². The van der Waals surface area contributed by atoms with Gasteiger partial charge in [-0.25, -0.2) is 0 Å². The SMILES string of the molecule is N#CCOc1ccccc1C(=O)[C@@H]1[C@@H](C(=O)c2ccncc2)[C@@]2(C(=O)Nc3ccccc32)[C@H]2c3ccccc3C=CN12. The summed E-state index contributed by atoms with van der Waals surface area (Å²) in [6.07, 6.45) is 6.80. The number of amides is 1. The lowest BCUT2D eigenvalue weighted by atomic mass is 9.62. The van der Waals surface area contributed by atoms with Crippen LogP contribution in [0.2, 0.25) is 0 Å². The minimum Gasteiger partial charge on any atom is -0.478 e. The zero-order valence-corrected chi connectivity index (χ0v) is 22.3. The summed E-state index contributed by atoms with van der Waals surface area (Å²) in [6, 6.07) is 25.3. The summed E-state index contributed by atoms with van der Waals surface area (Å²) in [6.45, 7) is -0.242. The molecule has 204 valence electrons. The van der Waals surface area contributed by atoms with Crippen molar-refractivity contribution in [1.82, 2.24) is 9.88 Å². The van der Waals surface area contributed by atoms with E-state index in [1.54, 1.807) is 36.4 Å². The van der Waals surface area contributed by atoms with Crippen LogP contribution in [0.25, 0.3) is 6.08 Å². The second-order valence-electron chi connectivity index (χ2n) is 10.5. The predicted molar refractivity (Wildman–Crippen MR) is 155 cm³/mol. The highest BCUT2D eigenvalue weighted by Gasteiger charge is 2.70. The van der Waals surface area contributed by atoms with Crippen LogP contribution in [-0.4, -0.2) is 40.0 Å². The molecule has 7 rings (SSSR count). The summed E-state index contributed by atoms with van der Waals surface area (Å²) < 4.78 is 5.64. The normalized spacial score (nSPS) is 23.0. The Hall–Kier alpha value is -5.55. The first-order valence-electron chi connectivity index (χ1n) is 13.6. The molecule has 8 heteroatoms. The predicted octanol–water partition coefficient (Wildman–Crippen LogP) is 4.97. The summed E-state index contributed by atoms with van der Waals surface area (Å²) in [7, 11) is 0. The van der Waals surface area contributed by atoms with Crippen molar-refractivity contribution in [3.8, 4) is 11.8 Å². The third-order valence-electron chi connectivity index (χ3n) is 8.53. The number of rotatable bonds is 6. The molecule has 0 saturated carbocycles. The quantitative estimate of drug-likeness (QED) is 0.336. The van der Waals surface area contributed by atoms with E-state index in [9.17, 15) is 14.4 Å². The fourth-order valence-electron chi connectivity index (χ4n) is 6.93. The lowest BCUT2D eigenvalue weighted by Crippen LogP contribution is -2.49. The number of nitriles is 1. The topological polar surface area (TPSA) is 112 Å². The Morgan fingerprint density at radius 3 is 2.52 bits per heavy atom. The van der Waals surface area contributed by atoms with Gasteiger partial charge in [-0.05, 0) is 53.1 Å². The van der Waals surface area contributed by atoms with Gasteiger partial charge >= 0.3 is 0 Å². The van der Waals surface area contributed by atoms with Crippen LogP contribution in [0, 0.1) is 17.2 Å². The Kier molecular flexibility index (Phi) is 5.94. The van der Waals surface area contributed by atoms with Crippen molar-refractivity contribution in [1.29, 1.82) is 5.26 Å². The number of pyridine rings is 1. The van der Waals surface area contributed by atoms with Gasteiger partial charge in [0, 0.05) is 29.8 Å². The van der Waals surface area contributed by atoms with Gasteiger partial charge < -0.3 is 15.0 Å². The van der Waals surface area contributed by atoms with Crippen molar-refractivity contribution in [3.05, 3.63) is 131 Å². The number of carbonyl (C=O) groups excluding carboxylic acids is 3. The molecule has 3 aliphatic rings. The van der Waals surface area contributed by atoms with Crippen LogP contribution in [0.15, 0.2) is 104 Å². The number of aromatic nitrogens is 1. The van der Waals surface area contributed by atoms with Crippen LogP contribution in [0.4, 0.5) is 5.69 Å². The molecule has 3 aromatic carbocycles. The Morgan fingerprint density at radius 1 is 0.952 bits per heavy atom. The number of hydrogen-bond acceptors (Lipinski definition) is 7. The molecule has 4 aromatic rings. The highest BCUT2D eigenvalue weighted by Crippen LogP contribution is 2.62. The molecule has 4 atom stereocenters. The van der Waals surface area contributed by atoms with Crippen LogP contribution < -0.4 is 10.1 Å². The van der Waals surface area contributed by atoms with Gasteiger partial charge in [0.15, 0.2) is 18.2 Å². The molecule has 42 heavy (non-hydrogen) atoms. The number of fused-ring (bicyclic) bond motifs is 6. The number of nitrogens with one attached hydrogen (secondary N) is 1.